The number of anilines is 1. The number of hydrazine groups is 1. The van der Waals surface area contributed by atoms with E-state index in [1.807, 2.05) is 36.2 Å². The number of hydrogen-bond acceptors (Lipinski definition) is 6. The van der Waals surface area contributed by atoms with Crippen LogP contribution in [0.2, 0.25) is 0 Å². The van der Waals surface area contributed by atoms with Crippen LogP contribution in [0.4, 0.5) is 5.95 Å². The van der Waals surface area contributed by atoms with Gasteiger partial charge in [-0.05, 0) is 18.6 Å². The average molecular weight is 341 g/mol. The van der Waals surface area contributed by atoms with Crippen molar-refractivity contribution in [2.24, 2.45) is 5.92 Å². The Kier molecular flexibility index (Phi) is 4.19. The molecular weight excluding hydrogens is 318 g/mol. The second kappa shape index (κ2) is 6.50. The highest BCUT2D eigenvalue weighted by molar-refractivity contribution is 5.42. The molecule has 7 heteroatoms. The van der Waals surface area contributed by atoms with Gasteiger partial charge in [-0.25, -0.2) is 4.98 Å². The summed E-state index contributed by atoms with van der Waals surface area (Å²) < 4.78 is 5.86. The number of benzene rings is 1. The number of aromatic amines is 1. The molecular formula is C18H23N5O2. The fourth-order valence-electron chi connectivity index (χ4n) is 3.45. The van der Waals surface area contributed by atoms with Gasteiger partial charge in [0, 0.05) is 44.1 Å². The highest BCUT2D eigenvalue weighted by Crippen LogP contribution is 2.26. The highest BCUT2D eigenvalue weighted by atomic mass is 16.5. The Balaban J connectivity index is 1.61. The fraction of sp³-hybridized carbons (Fsp3) is 0.444. The molecule has 0 saturated carbocycles. The monoisotopic (exact) mass is 341 g/mol. The van der Waals surface area contributed by atoms with Gasteiger partial charge in [-0.3, -0.25) is 20.6 Å². The average Bonchev–Trinajstić information content (AvgIpc) is 2.90. The van der Waals surface area contributed by atoms with Crippen molar-refractivity contribution in [3.63, 3.8) is 0 Å². The quantitative estimate of drug-likeness (QED) is 0.766. The minimum absolute atomic E-state index is 0.0807. The zero-order valence-corrected chi connectivity index (χ0v) is 14.5. The van der Waals surface area contributed by atoms with E-state index in [1.54, 1.807) is 0 Å². The molecule has 0 bridgehead atoms. The number of hydrogen-bond donors (Lipinski definition) is 3. The number of nitrogens with one attached hydrogen (secondary N) is 3. The minimum Gasteiger partial charge on any atom is -0.487 e. The Morgan fingerprint density at radius 3 is 3.00 bits per heavy atom. The molecule has 4 rings (SSSR count). The predicted octanol–water partition coefficient (Wildman–Crippen LogP) is 0.802. The van der Waals surface area contributed by atoms with E-state index in [1.165, 1.54) is 0 Å². The largest absolute Gasteiger partial charge is 0.487 e. The van der Waals surface area contributed by atoms with Crippen LogP contribution in [-0.4, -0.2) is 36.1 Å². The molecule has 2 unspecified atom stereocenters. The molecule has 1 aromatic carbocycles. The number of fused-ring (bicyclic) bond motifs is 2. The first-order chi connectivity index (χ1) is 12.1. The van der Waals surface area contributed by atoms with Gasteiger partial charge >= 0.3 is 0 Å². The molecule has 0 spiro atoms. The van der Waals surface area contributed by atoms with E-state index in [2.05, 4.69) is 27.7 Å². The molecule has 2 aromatic rings. The van der Waals surface area contributed by atoms with Crippen LogP contribution in [0.5, 0.6) is 5.75 Å². The maximum Gasteiger partial charge on any atom is 0.256 e. The Morgan fingerprint density at radius 2 is 2.20 bits per heavy atom. The van der Waals surface area contributed by atoms with Crippen LogP contribution >= 0.6 is 0 Å². The van der Waals surface area contributed by atoms with Crippen LogP contribution < -0.4 is 26.0 Å². The molecule has 1 aromatic heterocycles. The van der Waals surface area contributed by atoms with E-state index in [-0.39, 0.29) is 5.56 Å². The summed E-state index contributed by atoms with van der Waals surface area (Å²) >= 11 is 0. The number of aromatic nitrogens is 2. The second-order valence-electron chi connectivity index (χ2n) is 6.84. The van der Waals surface area contributed by atoms with Crippen molar-refractivity contribution in [3.05, 3.63) is 51.4 Å². The normalized spacial score (nSPS) is 21.8. The number of para-hydroxylation sites is 1. The van der Waals surface area contributed by atoms with Gasteiger partial charge in [-0.2, -0.15) is 0 Å². The SMILES string of the molecule is CC1NNCC1CN(C)c1nc2c(c(=O)[nH]1)Cc1ccccc1OC2. The Bertz CT molecular complexity index is 834. The van der Waals surface area contributed by atoms with Gasteiger partial charge < -0.3 is 9.64 Å². The first kappa shape index (κ1) is 16.1. The minimum atomic E-state index is -0.0807. The van der Waals surface area contributed by atoms with Crippen LogP contribution in [0.1, 0.15) is 23.7 Å². The standard InChI is InChI=1S/C18H23N5O2/c1-11-13(8-19-22-11)9-23(2)18-20-15-10-25-16-6-4-3-5-12(16)7-14(15)17(24)21-18/h3-6,11,13,19,22H,7-10H2,1-2H3,(H,20,21,24). The first-order valence-electron chi connectivity index (χ1n) is 8.64. The maximum absolute atomic E-state index is 12.7. The molecule has 0 amide bonds. The van der Waals surface area contributed by atoms with Gasteiger partial charge in [-0.15, -0.1) is 0 Å². The number of rotatable bonds is 3. The molecule has 132 valence electrons. The van der Waals surface area contributed by atoms with Crippen LogP contribution in [0.15, 0.2) is 29.1 Å². The molecule has 7 nitrogen and oxygen atoms in total. The van der Waals surface area contributed by atoms with Crippen molar-refractivity contribution in [2.45, 2.75) is 26.0 Å². The van der Waals surface area contributed by atoms with Gasteiger partial charge in [0.15, 0.2) is 0 Å². The summed E-state index contributed by atoms with van der Waals surface area (Å²) in [5, 5.41) is 0. The molecule has 0 radical (unpaired) electrons. The fourth-order valence-corrected chi connectivity index (χ4v) is 3.45. The zero-order chi connectivity index (χ0) is 17.4. The summed E-state index contributed by atoms with van der Waals surface area (Å²) in [5.74, 6) is 1.87. The van der Waals surface area contributed by atoms with Gasteiger partial charge in [-0.1, -0.05) is 18.2 Å². The zero-order valence-electron chi connectivity index (χ0n) is 14.5. The summed E-state index contributed by atoms with van der Waals surface area (Å²) in [7, 11) is 1.96. The molecule has 0 aliphatic carbocycles. The van der Waals surface area contributed by atoms with E-state index >= 15 is 0 Å². The Hall–Kier alpha value is -2.38. The number of nitrogens with zero attached hydrogens (tertiary/aromatic N) is 2. The molecule has 2 aliphatic rings. The lowest BCUT2D eigenvalue weighted by atomic mass is 10.0. The summed E-state index contributed by atoms with van der Waals surface area (Å²) in [6.45, 7) is 4.18. The van der Waals surface area contributed by atoms with Crippen LogP contribution in [-0.2, 0) is 13.0 Å². The second-order valence-corrected chi connectivity index (χ2v) is 6.84. The van der Waals surface area contributed by atoms with Crippen molar-refractivity contribution >= 4 is 5.95 Å². The molecule has 3 heterocycles. The van der Waals surface area contributed by atoms with Crippen LogP contribution in [0.3, 0.4) is 0 Å². The van der Waals surface area contributed by atoms with E-state index in [0.29, 0.717) is 36.5 Å². The molecule has 3 N–H and O–H groups in total. The molecule has 1 saturated heterocycles. The lowest BCUT2D eigenvalue weighted by molar-refractivity contribution is 0.302. The maximum atomic E-state index is 12.7. The number of H-pyrrole nitrogens is 1. The Labute approximate surface area is 146 Å². The van der Waals surface area contributed by atoms with Crippen molar-refractivity contribution in [2.75, 3.05) is 25.0 Å². The third kappa shape index (κ3) is 3.12. The first-order valence-corrected chi connectivity index (χ1v) is 8.64. The van der Waals surface area contributed by atoms with Crippen molar-refractivity contribution in [3.8, 4) is 5.75 Å². The summed E-state index contributed by atoms with van der Waals surface area (Å²) in [6, 6.07) is 8.21. The molecule has 1 fully saturated rings. The highest BCUT2D eigenvalue weighted by Gasteiger charge is 2.25. The third-order valence-corrected chi connectivity index (χ3v) is 5.06. The van der Waals surface area contributed by atoms with Crippen LogP contribution in [0, 0.1) is 5.92 Å². The van der Waals surface area contributed by atoms with Crippen molar-refractivity contribution < 1.29 is 4.74 Å². The van der Waals surface area contributed by atoms with E-state index in [4.69, 9.17) is 4.74 Å². The van der Waals surface area contributed by atoms with Gasteiger partial charge in [0.05, 0.1) is 5.69 Å². The van der Waals surface area contributed by atoms with Gasteiger partial charge in [0.2, 0.25) is 5.95 Å². The van der Waals surface area contributed by atoms with Crippen molar-refractivity contribution in [1.29, 1.82) is 0 Å². The lowest BCUT2D eigenvalue weighted by Gasteiger charge is -2.23. The van der Waals surface area contributed by atoms with Gasteiger partial charge in [0.25, 0.3) is 5.56 Å². The molecule has 25 heavy (non-hydrogen) atoms. The number of ether oxygens (including phenoxy) is 1. The molecule has 2 aliphatic heterocycles. The molecule has 2 atom stereocenters. The Morgan fingerprint density at radius 1 is 1.36 bits per heavy atom. The summed E-state index contributed by atoms with van der Waals surface area (Å²) in [6.07, 6.45) is 0.547. The van der Waals surface area contributed by atoms with Gasteiger partial charge in [0.1, 0.15) is 12.4 Å². The van der Waals surface area contributed by atoms with Crippen LogP contribution in [0.25, 0.3) is 0 Å². The van der Waals surface area contributed by atoms with E-state index in [0.717, 1.165) is 30.1 Å². The van der Waals surface area contributed by atoms with E-state index in [9.17, 15) is 4.79 Å². The topological polar surface area (TPSA) is 82.3 Å². The predicted molar refractivity (Wildman–Crippen MR) is 95.8 cm³/mol. The third-order valence-electron chi connectivity index (χ3n) is 5.06. The summed E-state index contributed by atoms with van der Waals surface area (Å²) in [4.78, 5) is 22.3. The van der Waals surface area contributed by atoms with E-state index < -0.39 is 0 Å². The van der Waals surface area contributed by atoms with Crippen molar-refractivity contribution in [1.82, 2.24) is 20.8 Å². The summed E-state index contributed by atoms with van der Waals surface area (Å²) in [5.41, 5.74) is 8.74. The lowest BCUT2D eigenvalue weighted by Crippen LogP contribution is -2.35. The smallest absolute Gasteiger partial charge is 0.256 e.